The summed E-state index contributed by atoms with van der Waals surface area (Å²) >= 11 is 1.45. The molecule has 9 nitrogen and oxygen atoms in total. The summed E-state index contributed by atoms with van der Waals surface area (Å²) in [6.45, 7) is 4.49. The molecule has 0 aromatic carbocycles. The van der Waals surface area contributed by atoms with Crippen molar-refractivity contribution in [2.45, 2.75) is 51.2 Å². The number of thioether (sulfide) groups is 1. The third kappa shape index (κ3) is 6.10. The Kier molecular flexibility index (Phi) is 7.91. The molecule has 0 bridgehead atoms. The molecule has 0 aromatic rings. The quantitative estimate of drug-likeness (QED) is 0.404. The Hall–Kier alpha value is -1.81. The lowest BCUT2D eigenvalue weighted by Gasteiger charge is -2.24. The van der Waals surface area contributed by atoms with Crippen LogP contribution in [0.5, 0.6) is 0 Å². The Morgan fingerprint density at radius 3 is 2.63 bits per heavy atom. The minimum atomic E-state index is -0.701. The van der Waals surface area contributed by atoms with Crippen LogP contribution in [0.2, 0.25) is 0 Å². The number of carbonyl (C=O) groups is 4. The summed E-state index contributed by atoms with van der Waals surface area (Å²) in [5.41, 5.74) is 5.31. The first-order chi connectivity index (χ1) is 12.8. The van der Waals surface area contributed by atoms with Crippen LogP contribution in [0.3, 0.4) is 0 Å². The van der Waals surface area contributed by atoms with Gasteiger partial charge in [-0.05, 0) is 31.7 Å². The van der Waals surface area contributed by atoms with Gasteiger partial charge in [0, 0.05) is 5.75 Å². The predicted octanol–water partition coefficient (Wildman–Crippen LogP) is -1.23. The number of rotatable bonds is 8. The van der Waals surface area contributed by atoms with Gasteiger partial charge >= 0.3 is 0 Å². The van der Waals surface area contributed by atoms with Crippen molar-refractivity contribution in [1.29, 1.82) is 0 Å². The SMILES string of the molecule is CC(C)C[C@H](NC(=O)[C@@H]1CCCN1)C(=O)NCC(=O)N1CSC[C@H]1C(N)=O. The molecule has 10 heteroatoms. The molecule has 2 saturated heterocycles. The second kappa shape index (κ2) is 9.93. The summed E-state index contributed by atoms with van der Waals surface area (Å²) in [6.07, 6.45) is 2.16. The highest BCUT2D eigenvalue weighted by molar-refractivity contribution is 7.99. The van der Waals surface area contributed by atoms with Crippen molar-refractivity contribution in [2.24, 2.45) is 11.7 Å². The monoisotopic (exact) mass is 399 g/mol. The standard InChI is InChI=1S/C17H29N5O4S/c1-10(2)6-12(21-17(26)11-4-3-5-19-11)16(25)20-7-14(23)22-9-27-8-13(22)15(18)24/h10-13,19H,3-9H2,1-2H3,(H2,18,24)(H,20,25)(H,21,26)/t11-,12-,13-/m0/s1. The molecule has 27 heavy (non-hydrogen) atoms. The van der Waals surface area contributed by atoms with Crippen molar-refractivity contribution in [1.82, 2.24) is 20.9 Å². The Labute approximate surface area is 163 Å². The van der Waals surface area contributed by atoms with Gasteiger partial charge in [0.1, 0.15) is 12.1 Å². The lowest BCUT2D eigenvalue weighted by atomic mass is 10.0. The summed E-state index contributed by atoms with van der Waals surface area (Å²) in [6, 6.07) is -1.61. The summed E-state index contributed by atoms with van der Waals surface area (Å²) in [5, 5.41) is 8.49. The summed E-state index contributed by atoms with van der Waals surface area (Å²) in [5.74, 6) is -0.451. The Balaban J connectivity index is 1.89. The van der Waals surface area contributed by atoms with E-state index in [-0.39, 0.29) is 30.3 Å². The maximum atomic E-state index is 12.6. The first-order valence-corrected chi connectivity index (χ1v) is 10.4. The molecule has 0 radical (unpaired) electrons. The first kappa shape index (κ1) is 21.5. The summed E-state index contributed by atoms with van der Waals surface area (Å²) < 4.78 is 0. The molecule has 0 spiro atoms. The van der Waals surface area contributed by atoms with Gasteiger partial charge in [-0.3, -0.25) is 19.2 Å². The van der Waals surface area contributed by atoms with E-state index in [2.05, 4.69) is 16.0 Å². The number of hydrogen-bond donors (Lipinski definition) is 4. The van der Waals surface area contributed by atoms with Gasteiger partial charge in [0.2, 0.25) is 23.6 Å². The highest BCUT2D eigenvalue weighted by atomic mass is 32.2. The molecule has 4 amide bonds. The molecule has 2 aliphatic heterocycles. The highest BCUT2D eigenvalue weighted by Gasteiger charge is 2.34. The average Bonchev–Trinajstić information content (AvgIpc) is 3.29. The molecule has 2 aliphatic rings. The van der Waals surface area contributed by atoms with Gasteiger partial charge in [-0.15, -0.1) is 11.8 Å². The number of nitrogens with zero attached hydrogens (tertiary/aromatic N) is 1. The Bertz CT molecular complexity index is 580. The molecule has 0 aromatic heterocycles. The fourth-order valence-corrected chi connectivity index (χ4v) is 4.39. The summed E-state index contributed by atoms with van der Waals surface area (Å²) in [7, 11) is 0. The minimum Gasteiger partial charge on any atom is -0.368 e. The van der Waals surface area contributed by atoms with E-state index in [0.717, 1.165) is 19.4 Å². The van der Waals surface area contributed by atoms with Gasteiger partial charge in [0.15, 0.2) is 0 Å². The van der Waals surface area contributed by atoms with E-state index in [0.29, 0.717) is 18.1 Å². The van der Waals surface area contributed by atoms with E-state index < -0.39 is 23.9 Å². The van der Waals surface area contributed by atoms with E-state index in [1.165, 1.54) is 16.7 Å². The van der Waals surface area contributed by atoms with Crippen molar-refractivity contribution in [3.8, 4) is 0 Å². The van der Waals surface area contributed by atoms with E-state index in [1.807, 2.05) is 13.8 Å². The molecule has 5 N–H and O–H groups in total. The normalized spacial score (nSPS) is 23.3. The van der Waals surface area contributed by atoms with Crippen LogP contribution in [-0.2, 0) is 19.2 Å². The van der Waals surface area contributed by atoms with E-state index in [4.69, 9.17) is 5.73 Å². The number of nitrogens with one attached hydrogen (secondary N) is 3. The van der Waals surface area contributed by atoms with Crippen LogP contribution in [0.25, 0.3) is 0 Å². The highest BCUT2D eigenvalue weighted by Crippen LogP contribution is 2.20. The predicted molar refractivity (Wildman–Crippen MR) is 103 cm³/mol. The van der Waals surface area contributed by atoms with Gasteiger partial charge < -0.3 is 26.6 Å². The fourth-order valence-electron chi connectivity index (χ4n) is 3.20. The van der Waals surface area contributed by atoms with Crippen LogP contribution in [0.15, 0.2) is 0 Å². The number of nitrogens with two attached hydrogens (primary N) is 1. The second-order valence-corrected chi connectivity index (χ2v) is 8.34. The van der Waals surface area contributed by atoms with Gasteiger partial charge in [0.25, 0.3) is 0 Å². The van der Waals surface area contributed by atoms with Crippen molar-refractivity contribution in [3.05, 3.63) is 0 Å². The van der Waals surface area contributed by atoms with Crippen molar-refractivity contribution >= 4 is 35.4 Å². The van der Waals surface area contributed by atoms with E-state index in [9.17, 15) is 19.2 Å². The molecule has 0 saturated carbocycles. The third-order valence-corrected chi connectivity index (χ3v) is 5.67. The Morgan fingerprint density at radius 2 is 2.04 bits per heavy atom. The molecule has 0 unspecified atom stereocenters. The number of amides is 4. The van der Waals surface area contributed by atoms with Gasteiger partial charge in [-0.1, -0.05) is 13.8 Å². The number of hydrogen-bond acceptors (Lipinski definition) is 6. The lowest BCUT2D eigenvalue weighted by Crippen LogP contribution is -2.54. The zero-order chi connectivity index (χ0) is 20.0. The van der Waals surface area contributed by atoms with Gasteiger partial charge in [0.05, 0.1) is 18.5 Å². The van der Waals surface area contributed by atoms with Crippen LogP contribution < -0.4 is 21.7 Å². The van der Waals surface area contributed by atoms with Crippen molar-refractivity contribution < 1.29 is 19.2 Å². The minimum absolute atomic E-state index is 0.190. The molecule has 152 valence electrons. The second-order valence-electron chi connectivity index (χ2n) is 7.34. The van der Waals surface area contributed by atoms with Crippen LogP contribution >= 0.6 is 11.8 Å². The van der Waals surface area contributed by atoms with Crippen LogP contribution in [0.1, 0.15) is 33.1 Å². The maximum Gasteiger partial charge on any atom is 0.243 e. The average molecular weight is 400 g/mol. The van der Waals surface area contributed by atoms with Gasteiger partial charge in [-0.25, -0.2) is 0 Å². The number of primary amides is 1. The van der Waals surface area contributed by atoms with Crippen LogP contribution in [0, 0.1) is 5.92 Å². The van der Waals surface area contributed by atoms with E-state index in [1.54, 1.807) is 0 Å². The topological polar surface area (TPSA) is 134 Å². The van der Waals surface area contributed by atoms with Crippen LogP contribution in [-0.4, -0.2) is 71.4 Å². The molecular formula is C17H29N5O4S. The largest absolute Gasteiger partial charge is 0.368 e. The zero-order valence-electron chi connectivity index (χ0n) is 15.8. The Morgan fingerprint density at radius 1 is 1.30 bits per heavy atom. The zero-order valence-corrected chi connectivity index (χ0v) is 16.6. The molecule has 2 rings (SSSR count). The third-order valence-electron chi connectivity index (χ3n) is 4.66. The van der Waals surface area contributed by atoms with Gasteiger partial charge in [-0.2, -0.15) is 0 Å². The molecule has 2 heterocycles. The van der Waals surface area contributed by atoms with Crippen molar-refractivity contribution in [3.63, 3.8) is 0 Å². The fraction of sp³-hybridized carbons (Fsp3) is 0.765. The molecular weight excluding hydrogens is 370 g/mol. The van der Waals surface area contributed by atoms with Crippen molar-refractivity contribution in [2.75, 3.05) is 24.7 Å². The molecule has 0 aliphatic carbocycles. The van der Waals surface area contributed by atoms with Crippen LogP contribution in [0.4, 0.5) is 0 Å². The first-order valence-electron chi connectivity index (χ1n) is 9.27. The lowest BCUT2D eigenvalue weighted by molar-refractivity contribution is -0.137. The molecule has 2 fully saturated rings. The van der Waals surface area contributed by atoms with E-state index >= 15 is 0 Å². The number of carbonyl (C=O) groups excluding carboxylic acids is 4. The molecule has 3 atom stereocenters. The smallest absolute Gasteiger partial charge is 0.243 e. The summed E-state index contributed by atoms with van der Waals surface area (Å²) in [4.78, 5) is 50.0. The maximum absolute atomic E-state index is 12.6.